The van der Waals surface area contributed by atoms with Gasteiger partial charge >= 0.3 is 0 Å². The minimum absolute atomic E-state index is 0. The molecule has 0 unspecified atom stereocenters. The summed E-state index contributed by atoms with van der Waals surface area (Å²) in [5, 5.41) is 6.26. The molecule has 2 rings (SSSR count). The molecule has 0 radical (unpaired) electrons. The first-order valence-electron chi connectivity index (χ1n) is 8.96. The number of guanidine groups is 1. The van der Waals surface area contributed by atoms with Gasteiger partial charge in [0.05, 0.1) is 17.6 Å². The molecule has 0 aliphatic heterocycles. The van der Waals surface area contributed by atoms with Crippen molar-refractivity contribution >= 4 is 40.0 Å². The van der Waals surface area contributed by atoms with Crippen molar-refractivity contribution in [1.29, 1.82) is 0 Å². The van der Waals surface area contributed by atoms with Crippen LogP contribution in [0.4, 0.5) is 0 Å². The number of rotatable bonds is 6. The van der Waals surface area contributed by atoms with Crippen molar-refractivity contribution in [2.24, 2.45) is 4.99 Å². The van der Waals surface area contributed by atoms with Gasteiger partial charge in [0.2, 0.25) is 15.9 Å². The third-order valence-electron chi connectivity index (χ3n) is 4.10. The summed E-state index contributed by atoms with van der Waals surface area (Å²) in [7, 11) is 1.16. The SMILES string of the molecule is CN=C(NCc1ncc(C(C)(C)C)o1)NCc1ccccc1S(=O)(=O)N(C)C.I. The molecule has 0 amide bonds. The first kappa shape index (κ1) is 25.4. The van der Waals surface area contributed by atoms with Crippen LogP contribution in [0.5, 0.6) is 0 Å². The second kappa shape index (κ2) is 10.4. The Morgan fingerprint density at radius 3 is 2.34 bits per heavy atom. The fraction of sp³-hybridized carbons (Fsp3) is 0.474. The lowest BCUT2D eigenvalue weighted by Gasteiger charge is -2.16. The van der Waals surface area contributed by atoms with E-state index in [2.05, 4.69) is 41.4 Å². The van der Waals surface area contributed by atoms with E-state index in [1.54, 1.807) is 31.4 Å². The lowest BCUT2D eigenvalue weighted by atomic mass is 9.94. The van der Waals surface area contributed by atoms with Crippen LogP contribution < -0.4 is 10.6 Å². The highest BCUT2D eigenvalue weighted by Gasteiger charge is 2.21. The molecule has 0 fully saturated rings. The van der Waals surface area contributed by atoms with Crippen molar-refractivity contribution in [3.63, 3.8) is 0 Å². The molecule has 2 aromatic rings. The van der Waals surface area contributed by atoms with E-state index in [0.29, 0.717) is 30.5 Å². The van der Waals surface area contributed by atoms with Crippen LogP contribution in [0, 0.1) is 0 Å². The Kier molecular flexibility index (Phi) is 9.09. The number of sulfonamides is 1. The Balaban J connectivity index is 0.00000420. The van der Waals surface area contributed by atoms with Gasteiger partial charge in [0.15, 0.2) is 5.96 Å². The summed E-state index contributed by atoms with van der Waals surface area (Å²) >= 11 is 0. The van der Waals surface area contributed by atoms with E-state index in [0.717, 1.165) is 5.76 Å². The van der Waals surface area contributed by atoms with E-state index in [4.69, 9.17) is 4.42 Å². The molecule has 2 N–H and O–H groups in total. The van der Waals surface area contributed by atoms with Gasteiger partial charge in [-0.25, -0.2) is 17.7 Å². The summed E-state index contributed by atoms with van der Waals surface area (Å²) in [5.41, 5.74) is 0.553. The molecular formula is C19H30IN5O3S. The Bertz CT molecular complexity index is 933. The molecule has 10 heteroatoms. The lowest BCUT2D eigenvalue weighted by Crippen LogP contribution is -2.37. The smallest absolute Gasteiger partial charge is 0.242 e. The maximum atomic E-state index is 12.5. The van der Waals surface area contributed by atoms with Crippen LogP contribution in [0.15, 0.2) is 44.8 Å². The summed E-state index contributed by atoms with van der Waals surface area (Å²) in [6.07, 6.45) is 1.73. The van der Waals surface area contributed by atoms with Crippen LogP contribution in [0.2, 0.25) is 0 Å². The number of halogens is 1. The maximum absolute atomic E-state index is 12.5. The number of benzene rings is 1. The highest BCUT2D eigenvalue weighted by Crippen LogP contribution is 2.22. The second-order valence-corrected chi connectivity index (χ2v) is 9.66. The monoisotopic (exact) mass is 535 g/mol. The molecule has 29 heavy (non-hydrogen) atoms. The first-order valence-corrected chi connectivity index (χ1v) is 10.4. The summed E-state index contributed by atoms with van der Waals surface area (Å²) in [6.45, 7) is 6.86. The first-order chi connectivity index (χ1) is 13.1. The van der Waals surface area contributed by atoms with Gasteiger partial charge in [-0.3, -0.25) is 4.99 Å². The fourth-order valence-electron chi connectivity index (χ4n) is 2.40. The van der Waals surface area contributed by atoms with Crippen molar-refractivity contribution in [3.05, 3.63) is 47.7 Å². The number of nitrogens with one attached hydrogen (secondary N) is 2. The van der Waals surface area contributed by atoms with Crippen LogP contribution in [0.1, 0.15) is 38.0 Å². The highest BCUT2D eigenvalue weighted by atomic mass is 127. The number of aromatic nitrogens is 1. The third kappa shape index (κ3) is 6.68. The fourth-order valence-corrected chi connectivity index (χ4v) is 3.51. The molecule has 1 aromatic heterocycles. The predicted octanol–water partition coefficient (Wildman–Crippen LogP) is 2.71. The lowest BCUT2D eigenvalue weighted by molar-refractivity contribution is 0.379. The Hall–Kier alpha value is -1.66. The maximum Gasteiger partial charge on any atom is 0.242 e. The van der Waals surface area contributed by atoms with Gasteiger partial charge in [-0.15, -0.1) is 24.0 Å². The Morgan fingerprint density at radius 1 is 1.17 bits per heavy atom. The topological polar surface area (TPSA) is 99.8 Å². The zero-order chi connectivity index (χ0) is 20.9. The van der Waals surface area contributed by atoms with Gasteiger partial charge in [-0.1, -0.05) is 39.0 Å². The van der Waals surface area contributed by atoms with Gasteiger partial charge < -0.3 is 15.1 Å². The van der Waals surface area contributed by atoms with Crippen LogP contribution >= 0.6 is 24.0 Å². The number of hydrogen-bond acceptors (Lipinski definition) is 5. The van der Waals surface area contributed by atoms with Gasteiger partial charge in [0.25, 0.3) is 0 Å². The molecule has 8 nitrogen and oxygen atoms in total. The molecule has 162 valence electrons. The second-order valence-electron chi connectivity index (χ2n) is 7.54. The summed E-state index contributed by atoms with van der Waals surface area (Å²) in [6, 6.07) is 6.90. The quantitative estimate of drug-likeness (QED) is 0.335. The molecule has 0 bridgehead atoms. The summed E-state index contributed by atoms with van der Waals surface area (Å²) < 4.78 is 31.9. The minimum Gasteiger partial charge on any atom is -0.443 e. The van der Waals surface area contributed by atoms with Gasteiger partial charge in [0, 0.05) is 33.1 Å². The van der Waals surface area contributed by atoms with Crippen molar-refractivity contribution in [3.8, 4) is 0 Å². The molecule has 1 aromatic carbocycles. The zero-order valence-corrected chi connectivity index (χ0v) is 20.8. The third-order valence-corrected chi connectivity index (χ3v) is 6.02. The van der Waals surface area contributed by atoms with Crippen molar-refractivity contribution in [1.82, 2.24) is 19.9 Å². The largest absolute Gasteiger partial charge is 0.443 e. The van der Waals surface area contributed by atoms with Gasteiger partial charge in [-0.05, 0) is 11.6 Å². The number of nitrogens with zero attached hydrogens (tertiary/aromatic N) is 3. The van der Waals surface area contributed by atoms with Crippen LogP contribution in [0.25, 0.3) is 0 Å². The summed E-state index contributed by atoms with van der Waals surface area (Å²) in [4.78, 5) is 8.71. The molecule has 0 spiro atoms. The van der Waals surface area contributed by atoms with Gasteiger partial charge in [0.1, 0.15) is 5.76 Å². The van der Waals surface area contributed by atoms with Crippen molar-refractivity contribution in [2.45, 2.75) is 44.2 Å². The van der Waals surface area contributed by atoms with E-state index in [1.807, 2.05) is 6.07 Å². The van der Waals surface area contributed by atoms with Crippen LogP contribution in [-0.4, -0.2) is 44.8 Å². The van der Waals surface area contributed by atoms with Gasteiger partial charge in [-0.2, -0.15) is 0 Å². The molecule has 0 aliphatic carbocycles. The standard InChI is InChI=1S/C19H29N5O3S.HI/c1-19(2,3)16-12-21-17(27-16)13-23-18(20-4)22-11-14-9-7-8-10-15(14)28(25,26)24(5)6;/h7-10,12H,11,13H2,1-6H3,(H2,20,22,23);1H. The highest BCUT2D eigenvalue weighted by molar-refractivity contribution is 14.0. The van der Waals surface area contributed by atoms with E-state index >= 15 is 0 Å². The van der Waals surface area contributed by atoms with E-state index in [9.17, 15) is 8.42 Å². The number of hydrogen-bond donors (Lipinski definition) is 2. The Labute approximate surface area is 190 Å². The molecule has 0 aliphatic rings. The predicted molar refractivity (Wildman–Crippen MR) is 125 cm³/mol. The normalized spacial score (nSPS) is 12.6. The minimum atomic E-state index is -3.52. The molecule has 0 atom stereocenters. The van der Waals surface area contributed by atoms with Crippen molar-refractivity contribution < 1.29 is 12.8 Å². The van der Waals surface area contributed by atoms with E-state index in [1.165, 1.54) is 18.4 Å². The van der Waals surface area contributed by atoms with Crippen LogP contribution in [-0.2, 0) is 28.5 Å². The average Bonchev–Trinajstić information content (AvgIpc) is 3.11. The molecular weight excluding hydrogens is 505 g/mol. The van der Waals surface area contributed by atoms with E-state index in [-0.39, 0.29) is 34.3 Å². The van der Waals surface area contributed by atoms with Crippen LogP contribution in [0.3, 0.4) is 0 Å². The molecule has 0 saturated carbocycles. The van der Waals surface area contributed by atoms with E-state index < -0.39 is 10.0 Å². The molecule has 0 saturated heterocycles. The van der Waals surface area contributed by atoms with Crippen molar-refractivity contribution in [2.75, 3.05) is 21.1 Å². The number of aliphatic imine (C=N–C) groups is 1. The Morgan fingerprint density at radius 2 is 1.79 bits per heavy atom. The number of oxazole rings is 1. The molecule has 1 heterocycles. The summed E-state index contributed by atoms with van der Waals surface area (Å²) in [5.74, 6) is 1.89. The average molecular weight is 535 g/mol. The zero-order valence-electron chi connectivity index (χ0n) is 17.7.